The van der Waals surface area contributed by atoms with Crippen LogP contribution in [-0.2, 0) is 6.42 Å². The van der Waals surface area contributed by atoms with Crippen molar-refractivity contribution in [2.75, 3.05) is 0 Å². The highest BCUT2D eigenvalue weighted by Crippen LogP contribution is 2.23. The normalized spacial score (nSPS) is 14.3. The summed E-state index contributed by atoms with van der Waals surface area (Å²) in [7, 11) is 0. The van der Waals surface area contributed by atoms with Crippen molar-refractivity contribution in [2.24, 2.45) is 5.92 Å². The Hall–Kier alpha value is -1.61. The van der Waals surface area contributed by atoms with Crippen LogP contribution in [0, 0.1) is 11.7 Å². The van der Waals surface area contributed by atoms with Crippen LogP contribution in [0.4, 0.5) is 4.39 Å². The van der Waals surface area contributed by atoms with E-state index in [4.69, 9.17) is 4.42 Å². The molecule has 2 aromatic rings. The van der Waals surface area contributed by atoms with Crippen molar-refractivity contribution in [3.63, 3.8) is 0 Å². The quantitative estimate of drug-likeness (QED) is 0.797. The average molecular weight is 289 g/mol. The van der Waals surface area contributed by atoms with Gasteiger partial charge in [0.05, 0.1) is 6.26 Å². The van der Waals surface area contributed by atoms with Gasteiger partial charge in [0.1, 0.15) is 11.6 Å². The molecular weight excluding hydrogens is 265 g/mol. The van der Waals surface area contributed by atoms with Gasteiger partial charge in [-0.3, -0.25) is 0 Å². The van der Waals surface area contributed by atoms with Gasteiger partial charge in [0.15, 0.2) is 0 Å². The third kappa shape index (κ3) is 4.71. The van der Waals surface area contributed by atoms with Gasteiger partial charge in [-0.25, -0.2) is 4.39 Å². The zero-order valence-corrected chi connectivity index (χ0v) is 13.0. The first-order chi connectivity index (χ1) is 10.1. The van der Waals surface area contributed by atoms with Gasteiger partial charge in [-0.15, -0.1) is 0 Å². The van der Waals surface area contributed by atoms with Crippen molar-refractivity contribution < 1.29 is 8.81 Å². The van der Waals surface area contributed by atoms with Gasteiger partial charge in [-0.05, 0) is 49.1 Å². The largest absolute Gasteiger partial charge is 0.469 e. The average Bonchev–Trinajstić information content (AvgIpc) is 2.97. The van der Waals surface area contributed by atoms with E-state index in [-0.39, 0.29) is 11.9 Å². The minimum Gasteiger partial charge on any atom is -0.469 e. The number of benzene rings is 1. The number of rotatable bonds is 7. The van der Waals surface area contributed by atoms with Gasteiger partial charge in [-0.1, -0.05) is 26.0 Å². The molecule has 2 unspecified atom stereocenters. The van der Waals surface area contributed by atoms with E-state index in [1.807, 2.05) is 24.3 Å². The summed E-state index contributed by atoms with van der Waals surface area (Å²) in [6.07, 6.45) is 3.65. The Balaban J connectivity index is 1.94. The maximum atomic E-state index is 13.1. The van der Waals surface area contributed by atoms with Crippen molar-refractivity contribution in [1.82, 2.24) is 5.32 Å². The highest BCUT2D eigenvalue weighted by atomic mass is 19.1. The molecular formula is C18H24FNO. The first kappa shape index (κ1) is 15.8. The second kappa shape index (κ2) is 7.41. The maximum absolute atomic E-state index is 13.1. The monoisotopic (exact) mass is 289 g/mol. The van der Waals surface area contributed by atoms with Crippen molar-refractivity contribution in [2.45, 2.75) is 45.7 Å². The summed E-state index contributed by atoms with van der Waals surface area (Å²) < 4.78 is 18.4. The molecule has 21 heavy (non-hydrogen) atoms. The number of hydrogen-bond donors (Lipinski definition) is 1. The summed E-state index contributed by atoms with van der Waals surface area (Å²) in [5, 5.41) is 3.65. The van der Waals surface area contributed by atoms with Gasteiger partial charge in [-0.2, -0.15) is 0 Å². The molecule has 1 heterocycles. The summed E-state index contributed by atoms with van der Waals surface area (Å²) in [5.41, 5.74) is 1.14. The van der Waals surface area contributed by atoms with Gasteiger partial charge >= 0.3 is 0 Å². The molecule has 114 valence electrons. The molecule has 0 aliphatic heterocycles. The molecule has 2 atom stereocenters. The molecule has 0 aliphatic carbocycles. The third-order valence-electron chi connectivity index (χ3n) is 3.76. The Morgan fingerprint density at radius 3 is 2.38 bits per heavy atom. The lowest BCUT2D eigenvalue weighted by atomic mass is 9.94. The van der Waals surface area contributed by atoms with Crippen LogP contribution in [-0.4, -0.2) is 6.04 Å². The Kier molecular flexibility index (Phi) is 5.57. The summed E-state index contributed by atoms with van der Waals surface area (Å²) in [6, 6.07) is 11.3. The van der Waals surface area contributed by atoms with E-state index < -0.39 is 0 Å². The van der Waals surface area contributed by atoms with Crippen LogP contribution in [0.3, 0.4) is 0 Å². The Bertz CT molecular complexity index is 519. The number of halogens is 1. The molecule has 0 aliphatic rings. The molecule has 0 amide bonds. The Labute approximate surface area is 126 Å². The number of nitrogens with one attached hydrogen (secondary N) is 1. The second-order valence-corrected chi connectivity index (χ2v) is 5.96. The fourth-order valence-corrected chi connectivity index (χ4v) is 2.55. The van der Waals surface area contributed by atoms with Gasteiger partial charge in [0, 0.05) is 18.5 Å². The highest BCUT2D eigenvalue weighted by molar-refractivity contribution is 5.20. The molecule has 0 saturated carbocycles. The van der Waals surface area contributed by atoms with Crippen molar-refractivity contribution in [3.05, 3.63) is 59.8 Å². The second-order valence-electron chi connectivity index (χ2n) is 5.96. The van der Waals surface area contributed by atoms with Crippen LogP contribution in [0.25, 0.3) is 0 Å². The number of aryl methyl sites for hydroxylation is 1. The minimum atomic E-state index is -0.188. The molecule has 0 fully saturated rings. The number of furan rings is 1. The first-order valence-corrected chi connectivity index (χ1v) is 7.60. The summed E-state index contributed by atoms with van der Waals surface area (Å²) in [4.78, 5) is 0. The van der Waals surface area contributed by atoms with Crippen LogP contribution in [0.1, 0.15) is 44.6 Å². The molecule has 0 spiro atoms. The van der Waals surface area contributed by atoms with E-state index in [1.165, 1.54) is 12.1 Å². The predicted octanol–water partition coefficient (Wildman–Crippen LogP) is 4.73. The molecule has 0 saturated heterocycles. The predicted molar refractivity (Wildman–Crippen MR) is 83.6 cm³/mol. The summed E-state index contributed by atoms with van der Waals surface area (Å²) in [6.45, 7) is 6.54. The molecule has 2 nitrogen and oxygen atoms in total. The van der Waals surface area contributed by atoms with Crippen LogP contribution in [0.2, 0.25) is 0 Å². The van der Waals surface area contributed by atoms with E-state index in [1.54, 1.807) is 6.26 Å². The third-order valence-corrected chi connectivity index (χ3v) is 3.76. The van der Waals surface area contributed by atoms with Gasteiger partial charge in [0.2, 0.25) is 0 Å². The molecule has 1 N–H and O–H groups in total. The molecule has 0 bridgehead atoms. The van der Waals surface area contributed by atoms with Gasteiger partial charge < -0.3 is 9.73 Å². The smallest absolute Gasteiger partial charge is 0.123 e. The van der Waals surface area contributed by atoms with E-state index in [9.17, 15) is 4.39 Å². The lowest BCUT2D eigenvalue weighted by molar-refractivity contribution is 0.354. The maximum Gasteiger partial charge on any atom is 0.123 e. The zero-order valence-electron chi connectivity index (χ0n) is 13.0. The Morgan fingerprint density at radius 2 is 1.81 bits per heavy atom. The minimum absolute atomic E-state index is 0.188. The van der Waals surface area contributed by atoms with Crippen LogP contribution >= 0.6 is 0 Å². The van der Waals surface area contributed by atoms with Crippen LogP contribution < -0.4 is 5.32 Å². The lowest BCUT2D eigenvalue weighted by Crippen LogP contribution is -2.33. The molecule has 3 heteroatoms. The molecule has 1 aromatic heterocycles. The molecule has 1 aromatic carbocycles. The highest BCUT2D eigenvalue weighted by Gasteiger charge is 2.18. The fourth-order valence-electron chi connectivity index (χ4n) is 2.55. The van der Waals surface area contributed by atoms with Crippen LogP contribution in [0.5, 0.6) is 0 Å². The summed E-state index contributed by atoms with van der Waals surface area (Å²) in [5.74, 6) is 1.28. The van der Waals surface area contributed by atoms with Crippen LogP contribution in [0.15, 0.2) is 47.1 Å². The van der Waals surface area contributed by atoms with Crippen molar-refractivity contribution in [3.8, 4) is 0 Å². The number of hydrogen-bond acceptors (Lipinski definition) is 2. The lowest BCUT2D eigenvalue weighted by Gasteiger charge is -2.27. The molecule has 2 rings (SSSR count). The van der Waals surface area contributed by atoms with E-state index in [2.05, 4.69) is 26.1 Å². The standard InChI is InChI=1S/C18H24FNO/c1-13(2)18(15-7-9-16(19)10-8-15)20-14(3)6-11-17-5-4-12-21-17/h4-5,7-10,12-14,18,20H,6,11H2,1-3H3. The fraction of sp³-hybridized carbons (Fsp3) is 0.444. The van der Waals surface area contributed by atoms with Crippen molar-refractivity contribution >= 4 is 0 Å². The van der Waals surface area contributed by atoms with E-state index in [0.29, 0.717) is 12.0 Å². The van der Waals surface area contributed by atoms with Gasteiger partial charge in [0.25, 0.3) is 0 Å². The van der Waals surface area contributed by atoms with E-state index in [0.717, 1.165) is 24.2 Å². The zero-order chi connectivity index (χ0) is 15.2. The topological polar surface area (TPSA) is 25.2 Å². The summed E-state index contributed by atoms with van der Waals surface area (Å²) >= 11 is 0. The SMILES string of the molecule is CC(CCc1ccco1)NC(c1ccc(F)cc1)C(C)C. The first-order valence-electron chi connectivity index (χ1n) is 7.60. The Morgan fingerprint density at radius 1 is 1.10 bits per heavy atom. The van der Waals surface area contributed by atoms with Crippen molar-refractivity contribution in [1.29, 1.82) is 0 Å². The van der Waals surface area contributed by atoms with E-state index >= 15 is 0 Å². The molecule has 0 radical (unpaired) electrons.